The Morgan fingerprint density at radius 2 is 1.95 bits per heavy atom. The van der Waals surface area contributed by atoms with E-state index in [4.69, 9.17) is 4.74 Å². The topological polar surface area (TPSA) is 66.8 Å². The van der Waals surface area contributed by atoms with Crippen molar-refractivity contribution in [3.05, 3.63) is 12.2 Å². The molecule has 0 spiro atoms. The zero-order chi connectivity index (χ0) is 13.9. The lowest BCUT2D eigenvalue weighted by Crippen LogP contribution is -2.33. The fourth-order valence-electron chi connectivity index (χ4n) is 4.33. The molecule has 1 aliphatic heterocycles. The van der Waals surface area contributed by atoms with Gasteiger partial charge in [0.05, 0.1) is 18.1 Å². The molecular weight excluding hydrogens is 244 g/mol. The van der Waals surface area contributed by atoms with E-state index in [0.29, 0.717) is 12.8 Å². The van der Waals surface area contributed by atoms with Crippen LogP contribution in [0.2, 0.25) is 0 Å². The summed E-state index contributed by atoms with van der Waals surface area (Å²) in [5, 5.41) is 20.4. The average Bonchev–Trinajstić information content (AvgIpc) is 2.77. The maximum Gasteiger partial charge on any atom is 0.309 e. The Kier molecular flexibility index (Phi) is 2.98. The van der Waals surface area contributed by atoms with Gasteiger partial charge in [-0.25, -0.2) is 0 Å². The Balaban J connectivity index is 2.00. The van der Waals surface area contributed by atoms with Crippen LogP contribution in [0.5, 0.6) is 0 Å². The molecule has 3 aliphatic rings. The molecule has 3 fully saturated rings. The molecule has 1 heterocycles. The lowest BCUT2D eigenvalue weighted by atomic mass is 9.78. The van der Waals surface area contributed by atoms with Crippen molar-refractivity contribution in [1.82, 2.24) is 0 Å². The van der Waals surface area contributed by atoms with E-state index in [1.165, 1.54) is 0 Å². The summed E-state index contributed by atoms with van der Waals surface area (Å²) >= 11 is 0. The van der Waals surface area contributed by atoms with Gasteiger partial charge < -0.3 is 14.9 Å². The van der Waals surface area contributed by atoms with Crippen LogP contribution < -0.4 is 0 Å². The first-order valence-electron chi connectivity index (χ1n) is 7.17. The number of fused-ring (bicyclic) bond motifs is 3. The summed E-state index contributed by atoms with van der Waals surface area (Å²) in [4.78, 5) is 11.8. The van der Waals surface area contributed by atoms with Gasteiger partial charge in [0.25, 0.3) is 0 Å². The molecule has 19 heavy (non-hydrogen) atoms. The van der Waals surface area contributed by atoms with Crippen molar-refractivity contribution in [2.24, 2.45) is 29.6 Å². The summed E-state index contributed by atoms with van der Waals surface area (Å²) in [5.41, 5.74) is 0.811. The Bertz CT molecular complexity index is 418. The fourth-order valence-corrected chi connectivity index (χ4v) is 4.33. The Morgan fingerprint density at radius 1 is 1.26 bits per heavy atom. The molecule has 2 saturated carbocycles. The lowest BCUT2D eigenvalue weighted by molar-refractivity contribution is -0.146. The summed E-state index contributed by atoms with van der Waals surface area (Å²) in [7, 11) is 0. The molecule has 0 aromatic rings. The van der Waals surface area contributed by atoms with Gasteiger partial charge in [0.15, 0.2) is 0 Å². The fraction of sp³-hybridized carbons (Fsp3) is 0.800. The van der Waals surface area contributed by atoms with Crippen LogP contribution in [0, 0.1) is 29.6 Å². The van der Waals surface area contributed by atoms with E-state index in [2.05, 4.69) is 6.58 Å². The second kappa shape index (κ2) is 4.32. The van der Waals surface area contributed by atoms with Crippen molar-refractivity contribution in [2.75, 3.05) is 0 Å². The third-order valence-electron chi connectivity index (χ3n) is 5.64. The number of esters is 1. The van der Waals surface area contributed by atoms with Gasteiger partial charge in [0.2, 0.25) is 0 Å². The van der Waals surface area contributed by atoms with Gasteiger partial charge >= 0.3 is 5.97 Å². The minimum atomic E-state index is -0.586. The molecule has 1 saturated heterocycles. The number of ether oxygens (including phenoxy) is 1. The quantitative estimate of drug-likeness (QED) is 0.509. The maximum atomic E-state index is 11.8. The average molecular weight is 266 g/mol. The van der Waals surface area contributed by atoms with E-state index < -0.39 is 12.2 Å². The van der Waals surface area contributed by atoms with Gasteiger partial charge in [0.1, 0.15) is 6.10 Å². The molecule has 0 bridgehead atoms. The standard InChI is InChI=1S/C15H22O4/c1-6-9-4-12(17)8(3)13(9)14-10(5-11(6)16)7(2)15(18)19-14/h7-14,16-17H,1,4-5H2,2-3H3/t7-,8+,9-,10-,11+,12-,13-,14-/m0/s1. The highest BCUT2D eigenvalue weighted by molar-refractivity contribution is 5.75. The third-order valence-corrected chi connectivity index (χ3v) is 5.64. The number of carbonyl (C=O) groups is 1. The minimum absolute atomic E-state index is 0.0435. The molecule has 4 heteroatoms. The maximum absolute atomic E-state index is 11.8. The predicted molar refractivity (Wildman–Crippen MR) is 69.1 cm³/mol. The smallest absolute Gasteiger partial charge is 0.309 e. The second-order valence-corrected chi connectivity index (χ2v) is 6.53. The summed E-state index contributed by atoms with van der Waals surface area (Å²) in [6.45, 7) is 7.92. The van der Waals surface area contributed by atoms with Crippen molar-refractivity contribution in [1.29, 1.82) is 0 Å². The summed E-state index contributed by atoms with van der Waals surface area (Å²) in [6.07, 6.45) is 0.0149. The normalized spacial score (nSPS) is 53.5. The Hall–Kier alpha value is -0.870. The summed E-state index contributed by atoms with van der Waals surface area (Å²) < 4.78 is 5.58. The van der Waals surface area contributed by atoms with Crippen LogP contribution in [0.3, 0.4) is 0 Å². The van der Waals surface area contributed by atoms with E-state index in [9.17, 15) is 15.0 Å². The molecule has 0 unspecified atom stereocenters. The van der Waals surface area contributed by atoms with E-state index in [1.54, 1.807) is 0 Å². The van der Waals surface area contributed by atoms with Crippen molar-refractivity contribution in [2.45, 2.75) is 45.0 Å². The Morgan fingerprint density at radius 3 is 2.63 bits per heavy atom. The van der Waals surface area contributed by atoms with E-state index >= 15 is 0 Å². The predicted octanol–water partition coefficient (Wildman–Crippen LogP) is 1.12. The molecule has 0 aromatic carbocycles. The number of rotatable bonds is 0. The molecule has 8 atom stereocenters. The lowest BCUT2D eigenvalue weighted by Gasteiger charge is -2.29. The van der Waals surface area contributed by atoms with Crippen LogP contribution in [0.25, 0.3) is 0 Å². The highest BCUT2D eigenvalue weighted by Gasteiger charge is 2.56. The first-order chi connectivity index (χ1) is 8.91. The van der Waals surface area contributed by atoms with Gasteiger partial charge in [-0.2, -0.15) is 0 Å². The van der Waals surface area contributed by atoms with Crippen molar-refractivity contribution in [3.63, 3.8) is 0 Å². The zero-order valence-corrected chi connectivity index (χ0v) is 11.5. The molecule has 2 aliphatic carbocycles. The van der Waals surface area contributed by atoms with Crippen LogP contribution in [0.15, 0.2) is 12.2 Å². The van der Waals surface area contributed by atoms with E-state index in [1.807, 2.05) is 13.8 Å². The monoisotopic (exact) mass is 266 g/mol. The number of aliphatic hydroxyl groups is 2. The SMILES string of the molecule is C=C1[C@H](O)C[C@@H]2[C@H](OC(=O)[C@H]2C)[C@H]2[C@H](C)[C@@H](O)C[C@@H]12. The molecule has 2 N–H and O–H groups in total. The van der Waals surface area contributed by atoms with Crippen LogP contribution >= 0.6 is 0 Å². The summed E-state index contributed by atoms with van der Waals surface area (Å²) in [6, 6.07) is 0. The number of aliphatic hydroxyl groups excluding tert-OH is 2. The number of hydrogen-bond donors (Lipinski definition) is 2. The molecule has 106 valence electrons. The molecule has 0 amide bonds. The molecule has 4 nitrogen and oxygen atoms in total. The Labute approximate surface area is 113 Å². The number of carbonyl (C=O) groups excluding carboxylic acids is 1. The van der Waals surface area contributed by atoms with Gasteiger partial charge in [-0.1, -0.05) is 20.4 Å². The summed E-state index contributed by atoms with van der Waals surface area (Å²) in [5.74, 6) is -0.0514. The number of hydrogen-bond acceptors (Lipinski definition) is 4. The van der Waals surface area contributed by atoms with Crippen LogP contribution in [-0.4, -0.2) is 34.5 Å². The van der Waals surface area contributed by atoms with E-state index in [0.717, 1.165) is 5.57 Å². The van der Waals surface area contributed by atoms with Gasteiger partial charge in [-0.3, -0.25) is 4.79 Å². The largest absolute Gasteiger partial charge is 0.461 e. The van der Waals surface area contributed by atoms with Gasteiger partial charge in [-0.05, 0) is 30.3 Å². The third kappa shape index (κ3) is 1.77. The highest BCUT2D eigenvalue weighted by Crippen LogP contribution is 2.52. The van der Waals surface area contributed by atoms with Crippen LogP contribution in [0.4, 0.5) is 0 Å². The molecule has 0 radical (unpaired) electrons. The van der Waals surface area contributed by atoms with Crippen LogP contribution in [-0.2, 0) is 9.53 Å². The first kappa shape index (κ1) is 13.1. The second-order valence-electron chi connectivity index (χ2n) is 6.53. The zero-order valence-electron chi connectivity index (χ0n) is 11.5. The van der Waals surface area contributed by atoms with Crippen molar-refractivity contribution >= 4 is 5.97 Å². The molecule has 3 rings (SSSR count). The van der Waals surface area contributed by atoms with Gasteiger partial charge in [0, 0.05) is 11.8 Å². The van der Waals surface area contributed by atoms with Crippen LogP contribution in [0.1, 0.15) is 26.7 Å². The minimum Gasteiger partial charge on any atom is -0.461 e. The highest BCUT2D eigenvalue weighted by atomic mass is 16.6. The molecule has 0 aromatic heterocycles. The first-order valence-corrected chi connectivity index (χ1v) is 7.17. The van der Waals surface area contributed by atoms with E-state index in [-0.39, 0.29) is 41.7 Å². The molecular formula is C15H22O4. The van der Waals surface area contributed by atoms with Crippen molar-refractivity contribution < 1.29 is 19.7 Å². The van der Waals surface area contributed by atoms with Gasteiger partial charge in [-0.15, -0.1) is 0 Å². The van der Waals surface area contributed by atoms with Crippen molar-refractivity contribution in [3.8, 4) is 0 Å².